The number of nitrogens with zero attached hydrogens (tertiary/aromatic N) is 1. The van der Waals surface area contributed by atoms with E-state index in [1.807, 2.05) is 0 Å². The molecule has 0 aromatic heterocycles. The van der Waals surface area contributed by atoms with Crippen molar-refractivity contribution in [2.45, 2.75) is 25.8 Å². The summed E-state index contributed by atoms with van der Waals surface area (Å²) in [7, 11) is 0. The Morgan fingerprint density at radius 1 is 1.31 bits per heavy atom. The number of nitrogens with one attached hydrogen (secondary N) is 2. The number of halogens is 1. The maximum atomic E-state index is 11.6. The SMILES string of the molecule is CCOc1cc(/C=N\NC(=O)C(=O)NC2CC2)cc(Cl)c1OCC(=O)O. The van der Waals surface area contributed by atoms with E-state index in [0.717, 1.165) is 12.8 Å². The minimum absolute atomic E-state index is 0.0723. The van der Waals surface area contributed by atoms with E-state index in [2.05, 4.69) is 15.8 Å². The highest BCUT2D eigenvalue weighted by atomic mass is 35.5. The lowest BCUT2D eigenvalue weighted by Gasteiger charge is -2.13. The van der Waals surface area contributed by atoms with Gasteiger partial charge in [0.05, 0.1) is 17.8 Å². The second kappa shape index (κ2) is 9.04. The molecule has 1 aromatic rings. The minimum atomic E-state index is -1.15. The van der Waals surface area contributed by atoms with Gasteiger partial charge in [0.25, 0.3) is 0 Å². The van der Waals surface area contributed by atoms with Gasteiger partial charge >= 0.3 is 17.8 Å². The fourth-order valence-electron chi connectivity index (χ4n) is 1.89. The van der Waals surface area contributed by atoms with Gasteiger partial charge in [-0.25, -0.2) is 10.2 Å². The quantitative estimate of drug-likeness (QED) is 0.348. The van der Waals surface area contributed by atoms with Crippen molar-refractivity contribution in [3.63, 3.8) is 0 Å². The number of hydrogen-bond donors (Lipinski definition) is 3. The van der Waals surface area contributed by atoms with Gasteiger partial charge in [-0.3, -0.25) is 9.59 Å². The van der Waals surface area contributed by atoms with Crippen LogP contribution in [0.3, 0.4) is 0 Å². The molecule has 0 saturated heterocycles. The highest BCUT2D eigenvalue weighted by Gasteiger charge is 2.26. The zero-order valence-corrected chi connectivity index (χ0v) is 14.7. The number of carbonyl (C=O) groups is 3. The van der Waals surface area contributed by atoms with E-state index in [-0.39, 0.29) is 22.6 Å². The van der Waals surface area contributed by atoms with Crippen molar-refractivity contribution in [3.05, 3.63) is 22.7 Å². The Kier molecular flexibility index (Phi) is 6.79. The largest absolute Gasteiger partial charge is 0.490 e. The van der Waals surface area contributed by atoms with Crippen LogP contribution in [0.25, 0.3) is 0 Å². The van der Waals surface area contributed by atoms with E-state index < -0.39 is 24.4 Å². The molecule has 1 aliphatic carbocycles. The van der Waals surface area contributed by atoms with Crippen LogP contribution in [-0.2, 0) is 14.4 Å². The van der Waals surface area contributed by atoms with Crippen LogP contribution < -0.4 is 20.2 Å². The van der Waals surface area contributed by atoms with Gasteiger partial charge in [0.2, 0.25) is 0 Å². The molecule has 0 radical (unpaired) electrons. The van der Waals surface area contributed by atoms with E-state index in [1.54, 1.807) is 6.92 Å². The van der Waals surface area contributed by atoms with E-state index in [9.17, 15) is 14.4 Å². The molecule has 9 nitrogen and oxygen atoms in total. The maximum Gasteiger partial charge on any atom is 0.341 e. The van der Waals surface area contributed by atoms with E-state index >= 15 is 0 Å². The zero-order valence-electron chi connectivity index (χ0n) is 14.0. The van der Waals surface area contributed by atoms with E-state index in [4.69, 9.17) is 26.2 Å². The van der Waals surface area contributed by atoms with Crippen LogP contribution in [0.5, 0.6) is 11.5 Å². The van der Waals surface area contributed by atoms with Gasteiger partial charge in [-0.15, -0.1) is 0 Å². The number of carboxylic acid groups (broad SMARTS) is 1. The second-order valence-corrected chi connectivity index (χ2v) is 5.80. The third kappa shape index (κ3) is 5.92. The Balaban J connectivity index is 2.04. The summed E-state index contributed by atoms with van der Waals surface area (Å²) in [4.78, 5) is 33.7. The zero-order chi connectivity index (χ0) is 19.1. The second-order valence-electron chi connectivity index (χ2n) is 5.39. The predicted octanol–water partition coefficient (Wildman–Crippen LogP) is 0.931. The van der Waals surface area contributed by atoms with Crippen molar-refractivity contribution in [3.8, 4) is 11.5 Å². The van der Waals surface area contributed by atoms with Crippen molar-refractivity contribution in [2.24, 2.45) is 5.10 Å². The summed E-state index contributed by atoms with van der Waals surface area (Å²) in [5, 5.41) is 15.1. The van der Waals surface area contributed by atoms with Gasteiger partial charge < -0.3 is 19.9 Å². The maximum absolute atomic E-state index is 11.6. The van der Waals surface area contributed by atoms with Crippen molar-refractivity contribution < 1.29 is 29.0 Å². The number of hydrogen-bond acceptors (Lipinski definition) is 6. The first kappa shape index (κ1) is 19.5. The summed E-state index contributed by atoms with van der Waals surface area (Å²) < 4.78 is 10.5. The summed E-state index contributed by atoms with van der Waals surface area (Å²) in [5.74, 6) is -2.43. The molecule has 0 atom stereocenters. The number of aliphatic carboxylic acids is 1. The first-order valence-electron chi connectivity index (χ1n) is 7.85. The summed E-state index contributed by atoms with van der Waals surface area (Å²) >= 11 is 6.10. The van der Waals surface area contributed by atoms with Crippen molar-refractivity contribution in [1.29, 1.82) is 0 Å². The van der Waals surface area contributed by atoms with E-state index in [0.29, 0.717) is 12.2 Å². The summed E-state index contributed by atoms with van der Waals surface area (Å²) in [6, 6.07) is 3.05. The van der Waals surface area contributed by atoms with Crippen LogP contribution in [0.2, 0.25) is 5.02 Å². The molecule has 0 heterocycles. The number of amides is 2. The summed E-state index contributed by atoms with van der Waals surface area (Å²) in [6.07, 6.45) is 3.02. The van der Waals surface area contributed by atoms with Crippen LogP contribution in [0.4, 0.5) is 0 Å². The number of carboxylic acids is 1. The molecule has 26 heavy (non-hydrogen) atoms. The number of ether oxygens (including phenoxy) is 2. The van der Waals surface area contributed by atoms with Crippen LogP contribution in [0, 0.1) is 0 Å². The van der Waals surface area contributed by atoms with Crippen LogP contribution in [-0.4, -0.2) is 48.4 Å². The molecule has 1 saturated carbocycles. The highest BCUT2D eigenvalue weighted by Crippen LogP contribution is 2.36. The Labute approximate surface area is 154 Å². The molecule has 0 bridgehead atoms. The highest BCUT2D eigenvalue weighted by molar-refractivity contribution is 6.35. The van der Waals surface area contributed by atoms with Crippen molar-refractivity contribution in [1.82, 2.24) is 10.7 Å². The van der Waals surface area contributed by atoms with Gasteiger partial charge in [-0.2, -0.15) is 5.10 Å². The lowest BCUT2D eigenvalue weighted by molar-refractivity contribution is -0.139. The number of hydrazone groups is 1. The molecule has 2 rings (SSSR count). The van der Waals surface area contributed by atoms with E-state index in [1.165, 1.54) is 18.3 Å². The molecular weight excluding hydrogens is 366 g/mol. The molecule has 1 aliphatic rings. The molecule has 1 aromatic carbocycles. The Hall–Kier alpha value is -2.81. The first-order valence-corrected chi connectivity index (χ1v) is 8.23. The molecule has 0 unspecified atom stereocenters. The molecule has 1 fully saturated rings. The van der Waals surface area contributed by atoms with Crippen molar-refractivity contribution in [2.75, 3.05) is 13.2 Å². The van der Waals surface area contributed by atoms with Gasteiger partial charge in [-0.05, 0) is 37.5 Å². The standard InChI is InChI=1S/C16H18ClN3O6/c1-2-25-12-6-9(5-11(17)14(12)26-8-13(21)22)7-18-20-16(24)15(23)19-10-3-4-10/h5-7,10H,2-4,8H2,1H3,(H,19,23)(H,20,24)(H,21,22)/b18-7-. The molecule has 10 heteroatoms. The smallest absolute Gasteiger partial charge is 0.341 e. The normalized spacial score (nSPS) is 13.3. The summed E-state index contributed by atoms with van der Waals surface area (Å²) in [6.45, 7) is 1.48. The van der Waals surface area contributed by atoms with Crippen LogP contribution >= 0.6 is 11.6 Å². The van der Waals surface area contributed by atoms with Crippen LogP contribution in [0.15, 0.2) is 17.2 Å². The van der Waals surface area contributed by atoms with Gasteiger partial charge in [0.1, 0.15) is 0 Å². The Morgan fingerprint density at radius 3 is 2.65 bits per heavy atom. The molecule has 140 valence electrons. The first-order chi connectivity index (χ1) is 12.4. The molecule has 0 spiro atoms. The van der Waals surface area contributed by atoms with Crippen LogP contribution in [0.1, 0.15) is 25.3 Å². The predicted molar refractivity (Wildman–Crippen MR) is 92.7 cm³/mol. The number of rotatable bonds is 8. The van der Waals surface area contributed by atoms with Gasteiger partial charge in [0.15, 0.2) is 18.1 Å². The lowest BCUT2D eigenvalue weighted by atomic mass is 10.2. The molecule has 3 N–H and O–H groups in total. The average molecular weight is 384 g/mol. The molecule has 0 aliphatic heterocycles. The number of carbonyl (C=O) groups excluding carboxylic acids is 2. The Bertz CT molecular complexity index is 733. The third-order valence-electron chi connectivity index (χ3n) is 3.17. The monoisotopic (exact) mass is 383 g/mol. The van der Waals surface area contributed by atoms with Gasteiger partial charge in [0, 0.05) is 6.04 Å². The van der Waals surface area contributed by atoms with Crippen molar-refractivity contribution >= 4 is 35.6 Å². The lowest BCUT2D eigenvalue weighted by Crippen LogP contribution is -2.38. The number of benzene rings is 1. The fourth-order valence-corrected chi connectivity index (χ4v) is 2.17. The topological polar surface area (TPSA) is 126 Å². The minimum Gasteiger partial charge on any atom is -0.490 e. The molecule has 2 amide bonds. The third-order valence-corrected chi connectivity index (χ3v) is 3.45. The summed E-state index contributed by atoms with van der Waals surface area (Å²) in [5.41, 5.74) is 2.58. The molecular formula is C16H18ClN3O6. The Morgan fingerprint density at radius 2 is 2.04 bits per heavy atom. The average Bonchev–Trinajstić information content (AvgIpc) is 3.38. The fraction of sp³-hybridized carbons (Fsp3) is 0.375. The van der Waals surface area contributed by atoms with Gasteiger partial charge in [-0.1, -0.05) is 11.6 Å².